The normalized spacial score (nSPS) is 15.7. The molecule has 0 bridgehead atoms. The molecule has 0 N–H and O–H groups in total. The van der Waals surface area contributed by atoms with Crippen molar-refractivity contribution in [1.82, 2.24) is 9.80 Å². The molecule has 1 aliphatic heterocycles. The third kappa shape index (κ3) is 4.58. The zero-order chi connectivity index (χ0) is 21.7. The van der Waals surface area contributed by atoms with E-state index >= 15 is 0 Å². The quantitative estimate of drug-likeness (QED) is 0.698. The molecule has 0 unspecified atom stereocenters. The van der Waals surface area contributed by atoms with Crippen molar-refractivity contribution in [3.8, 4) is 11.1 Å². The van der Waals surface area contributed by atoms with Crippen LogP contribution in [-0.2, 0) is 16.0 Å². The van der Waals surface area contributed by atoms with E-state index < -0.39 is 5.41 Å². The fourth-order valence-corrected chi connectivity index (χ4v) is 4.67. The number of carbonyl (C=O) groups is 2. The van der Waals surface area contributed by atoms with E-state index in [4.69, 9.17) is 0 Å². The van der Waals surface area contributed by atoms with Crippen LogP contribution in [0.4, 0.5) is 0 Å². The summed E-state index contributed by atoms with van der Waals surface area (Å²) in [4.78, 5) is 29.4. The molecule has 4 heteroatoms. The van der Waals surface area contributed by atoms with Crippen molar-refractivity contribution in [2.24, 2.45) is 5.41 Å². The minimum atomic E-state index is -0.467. The van der Waals surface area contributed by atoms with Gasteiger partial charge in [0.1, 0.15) is 0 Å². The molecule has 1 aliphatic rings. The Morgan fingerprint density at radius 1 is 0.967 bits per heavy atom. The standard InChI is InChI=1S/C26H34N2O2/c1-5-10-24(29)28-17-15-26(16-18-28,25(30)27(3)4)19-21-12-7-9-14-23(21)22-13-8-6-11-20(22)2/h6-9,11-14H,5,10,15-19H2,1-4H3. The van der Waals surface area contributed by atoms with Crippen LogP contribution in [0.15, 0.2) is 48.5 Å². The maximum absolute atomic E-state index is 13.4. The second kappa shape index (κ2) is 9.46. The Morgan fingerprint density at radius 2 is 1.57 bits per heavy atom. The van der Waals surface area contributed by atoms with E-state index in [-0.39, 0.29) is 11.8 Å². The molecule has 0 radical (unpaired) electrons. The van der Waals surface area contributed by atoms with Crippen LogP contribution in [0, 0.1) is 12.3 Å². The van der Waals surface area contributed by atoms with Crippen LogP contribution in [-0.4, -0.2) is 48.8 Å². The van der Waals surface area contributed by atoms with Crippen LogP contribution < -0.4 is 0 Å². The summed E-state index contributed by atoms with van der Waals surface area (Å²) in [5.41, 5.74) is 4.39. The fourth-order valence-electron chi connectivity index (χ4n) is 4.67. The smallest absolute Gasteiger partial charge is 0.228 e. The van der Waals surface area contributed by atoms with Gasteiger partial charge in [0.05, 0.1) is 5.41 Å². The van der Waals surface area contributed by atoms with E-state index in [1.165, 1.54) is 22.3 Å². The zero-order valence-electron chi connectivity index (χ0n) is 18.8. The second-order valence-electron chi connectivity index (χ2n) is 8.76. The molecule has 4 nitrogen and oxygen atoms in total. The van der Waals surface area contributed by atoms with Gasteiger partial charge in [-0.3, -0.25) is 9.59 Å². The lowest BCUT2D eigenvalue weighted by atomic mass is 9.71. The van der Waals surface area contributed by atoms with E-state index in [1.807, 2.05) is 25.9 Å². The van der Waals surface area contributed by atoms with E-state index in [2.05, 4.69) is 55.5 Å². The number of piperidine rings is 1. The van der Waals surface area contributed by atoms with Crippen molar-refractivity contribution in [1.29, 1.82) is 0 Å². The predicted molar refractivity (Wildman–Crippen MR) is 122 cm³/mol. The summed E-state index contributed by atoms with van der Waals surface area (Å²) in [5, 5.41) is 0. The molecule has 1 saturated heterocycles. The van der Waals surface area contributed by atoms with Gasteiger partial charge in [-0.15, -0.1) is 0 Å². The third-order valence-electron chi connectivity index (χ3n) is 6.38. The summed E-state index contributed by atoms with van der Waals surface area (Å²) in [6.07, 6.45) is 3.57. The first-order valence-electron chi connectivity index (χ1n) is 11.0. The summed E-state index contributed by atoms with van der Waals surface area (Å²) in [5.74, 6) is 0.383. The highest BCUT2D eigenvalue weighted by Crippen LogP contribution is 2.40. The van der Waals surface area contributed by atoms with Crippen molar-refractivity contribution in [3.63, 3.8) is 0 Å². The first kappa shape index (κ1) is 22.1. The molecule has 0 aliphatic carbocycles. The maximum Gasteiger partial charge on any atom is 0.228 e. The summed E-state index contributed by atoms with van der Waals surface area (Å²) >= 11 is 0. The van der Waals surface area contributed by atoms with Crippen molar-refractivity contribution >= 4 is 11.8 Å². The lowest BCUT2D eigenvalue weighted by molar-refractivity contribution is -0.146. The average molecular weight is 407 g/mol. The summed E-state index contributed by atoms with van der Waals surface area (Å²) in [6, 6.07) is 16.8. The summed E-state index contributed by atoms with van der Waals surface area (Å²) < 4.78 is 0. The Bertz CT molecular complexity index is 895. The van der Waals surface area contributed by atoms with Crippen molar-refractivity contribution in [2.75, 3.05) is 27.2 Å². The van der Waals surface area contributed by atoms with Gasteiger partial charge in [0, 0.05) is 33.6 Å². The monoisotopic (exact) mass is 406 g/mol. The van der Waals surface area contributed by atoms with E-state index in [0.29, 0.717) is 38.8 Å². The Kier molecular flexibility index (Phi) is 6.96. The molecule has 0 aromatic heterocycles. The van der Waals surface area contributed by atoms with Crippen LogP contribution in [0.2, 0.25) is 0 Å². The van der Waals surface area contributed by atoms with Gasteiger partial charge in [0.15, 0.2) is 0 Å². The largest absolute Gasteiger partial charge is 0.348 e. The number of benzene rings is 2. The van der Waals surface area contributed by atoms with Gasteiger partial charge in [0.25, 0.3) is 0 Å². The van der Waals surface area contributed by atoms with Gasteiger partial charge < -0.3 is 9.80 Å². The molecule has 2 aromatic rings. The molecule has 160 valence electrons. The Balaban J connectivity index is 1.93. The predicted octanol–water partition coefficient (Wildman–Crippen LogP) is 4.70. The van der Waals surface area contributed by atoms with Gasteiger partial charge in [-0.25, -0.2) is 0 Å². The number of amides is 2. The summed E-state index contributed by atoms with van der Waals surface area (Å²) in [7, 11) is 3.68. The molecule has 2 aromatic carbocycles. The molecule has 30 heavy (non-hydrogen) atoms. The number of nitrogens with zero attached hydrogens (tertiary/aromatic N) is 2. The van der Waals surface area contributed by atoms with Gasteiger partial charge in [-0.05, 0) is 54.9 Å². The highest BCUT2D eigenvalue weighted by Gasteiger charge is 2.43. The third-order valence-corrected chi connectivity index (χ3v) is 6.38. The molecule has 0 atom stereocenters. The van der Waals surface area contributed by atoms with Crippen LogP contribution in [0.3, 0.4) is 0 Å². The molecular formula is C26H34N2O2. The first-order chi connectivity index (χ1) is 14.4. The number of hydrogen-bond acceptors (Lipinski definition) is 2. The minimum absolute atomic E-state index is 0.171. The number of likely N-dealkylation sites (tertiary alicyclic amines) is 1. The minimum Gasteiger partial charge on any atom is -0.348 e. The van der Waals surface area contributed by atoms with Crippen molar-refractivity contribution in [3.05, 3.63) is 59.7 Å². The summed E-state index contributed by atoms with van der Waals surface area (Å²) in [6.45, 7) is 5.48. The second-order valence-corrected chi connectivity index (χ2v) is 8.76. The van der Waals surface area contributed by atoms with Crippen LogP contribution in [0.1, 0.15) is 43.7 Å². The average Bonchev–Trinajstić information content (AvgIpc) is 2.74. The molecule has 1 heterocycles. The fraction of sp³-hybridized carbons (Fsp3) is 0.462. The van der Waals surface area contributed by atoms with Crippen LogP contribution in [0.25, 0.3) is 11.1 Å². The zero-order valence-corrected chi connectivity index (χ0v) is 18.8. The molecule has 2 amide bonds. The van der Waals surface area contributed by atoms with Gasteiger partial charge >= 0.3 is 0 Å². The van der Waals surface area contributed by atoms with Gasteiger partial charge in [-0.2, -0.15) is 0 Å². The molecular weight excluding hydrogens is 372 g/mol. The Hall–Kier alpha value is -2.62. The van der Waals surface area contributed by atoms with Gasteiger partial charge in [-0.1, -0.05) is 55.5 Å². The first-order valence-corrected chi connectivity index (χ1v) is 11.0. The van der Waals surface area contributed by atoms with Crippen molar-refractivity contribution in [2.45, 2.75) is 46.0 Å². The number of aryl methyl sites for hydroxylation is 1. The van der Waals surface area contributed by atoms with E-state index in [9.17, 15) is 9.59 Å². The molecule has 0 spiro atoms. The lowest BCUT2D eigenvalue weighted by Crippen LogP contribution is -2.51. The topological polar surface area (TPSA) is 40.6 Å². The highest BCUT2D eigenvalue weighted by molar-refractivity contribution is 5.84. The number of carbonyl (C=O) groups excluding carboxylic acids is 2. The number of rotatable bonds is 6. The lowest BCUT2D eigenvalue weighted by Gasteiger charge is -2.42. The van der Waals surface area contributed by atoms with E-state index in [0.717, 1.165) is 6.42 Å². The van der Waals surface area contributed by atoms with E-state index in [1.54, 1.807) is 4.90 Å². The number of hydrogen-bond donors (Lipinski definition) is 0. The Morgan fingerprint density at radius 3 is 2.17 bits per heavy atom. The molecule has 3 rings (SSSR count). The molecule has 0 saturated carbocycles. The maximum atomic E-state index is 13.4. The van der Waals surface area contributed by atoms with Crippen molar-refractivity contribution < 1.29 is 9.59 Å². The Labute approximate surface area is 180 Å². The van der Waals surface area contributed by atoms with Crippen LogP contribution >= 0.6 is 0 Å². The highest BCUT2D eigenvalue weighted by atomic mass is 16.2. The SMILES string of the molecule is CCCC(=O)N1CCC(Cc2ccccc2-c2ccccc2C)(C(=O)N(C)C)CC1. The van der Waals surface area contributed by atoms with Gasteiger partial charge in [0.2, 0.25) is 11.8 Å². The van der Waals surface area contributed by atoms with Crippen LogP contribution in [0.5, 0.6) is 0 Å². The molecule has 1 fully saturated rings.